The van der Waals surface area contributed by atoms with Crippen LogP contribution in [-0.4, -0.2) is 45.2 Å². The maximum Gasteiger partial charge on any atom is 0.236 e. The third-order valence-corrected chi connectivity index (χ3v) is 11.0. The maximum absolute atomic E-state index is 10.3. The molecule has 0 bridgehead atoms. The van der Waals surface area contributed by atoms with Crippen LogP contribution in [0.5, 0.6) is 0 Å². The summed E-state index contributed by atoms with van der Waals surface area (Å²) >= 11 is 0. The smallest absolute Gasteiger partial charge is 0.236 e. The molecule has 6 aliphatic rings. The molecule has 2 saturated heterocycles. The summed E-state index contributed by atoms with van der Waals surface area (Å²) in [7, 11) is 0. The van der Waals surface area contributed by atoms with Crippen molar-refractivity contribution in [1.29, 1.82) is 0 Å². The molecule has 6 fully saturated rings. The fraction of sp³-hybridized carbons (Fsp3) is 0.931. The molecule has 0 aromatic heterocycles. The molecule has 2 spiro atoms. The van der Waals surface area contributed by atoms with Gasteiger partial charge in [-0.1, -0.05) is 32.4 Å². The van der Waals surface area contributed by atoms with Gasteiger partial charge in [-0.05, 0) is 83.0 Å². The third kappa shape index (κ3) is 4.34. The molecule has 8 nitrogen and oxygen atoms in total. The van der Waals surface area contributed by atoms with Gasteiger partial charge < -0.3 is 10.2 Å². The van der Waals surface area contributed by atoms with Crippen molar-refractivity contribution in [2.75, 3.05) is 0 Å². The standard InChI is InChI=1S/C29H46O8/c1-17-8-6-7-11-28(17)34-36-29(37-35-28)13-9-19(14-18(29)2)21-15-20-16-22-25(24(20)21)32-33-27(22,5)12-10-23(30)26(3,4)31/h10,12,17-25,30-31H,6-9,11,13-16H2,1-5H3/b12-10+/t17-,18+,19?,20?,21?,22?,23-,24?,25?,27+,28?,29?/m0/s1. The van der Waals surface area contributed by atoms with E-state index in [9.17, 15) is 10.2 Å². The maximum atomic E-state index is 10.3. The first-order valence-electron chi connectivity index (χ1n) is 14.6. The predicted molar refractivity (Wildman–Crippen MR) is 133 cm³/mol. The lowest BCUT2D eigenvalue weighted by molar-refractivity contribution is -0.675. The second kappa shape index (κ2) is 9.23. The van der Waals surface area contributed by atoms with E-state index in [0.29, 0.717) is 23.7 Å². The van der Waals surface area contributed by atoms with Gasteiger partial charge >= 0.3 is 0 Å². The molecule has 4 aliphatic carbocycles. The Morgan fingerprint density at radius 2 is 1.57 bits per heavy atom. The van der Waals surface area contributed by atoms with Gasteiger partial charge in [0.05, 0.1) is 5.60 Å². The minimum atomic E-state index is -1.20. The summed E-state index contributed by atoms with van der Waals surface area (Å²) in [5.41, 5.74) is -1.79. The van der Waals surface area contributed by atoms with Gasteiger partial charge in [-0.15, -0.1) is 0 Å². The van der Waals surface area contributed by atoms with Crippen molar-refractivity contribution in [3.8, 4) is 0 Å². The zero-order chi connectivity index (χ0) is 26.2. The van der Waals surface area contributed by atoms with Gasteiger partial charge in [0, 0.05) is 30.6 Å². The Kier molecular flexibility index (Phi) is 6.65. The van der Waals surface area contributed by atoms with Crippen LogP contribution in [0.3, 0.4) is 0 Å². The molecule has 37 heavy (non-hydrogen) atoms. The molecule has 210 valence electrons. The van der Waals surface area contributed by atoms with Gasteiger partial charge in [-0.2, -0.15) is 19.6 Å². The molecule has 0 aromatic carbocycles. The van der Waals surface area contributed by atoms with Crippen LogP contribution in [-0.2, 0) is 29.3 Å². The number of hydrogen-bond donors (Lipinski definition) is 2. The van der Waals surface area contributed by atoms with Gasteiger partial charge in [0.1, 0.15) is 17.8 Å². The molecule has 0 radical (unpaired) electrons. The summed E-state index contributed by atoms with van der Waals surface area (Å²) in [4.78, 5) is 36.0. The van der Waals surface area contributed by atoms with Gasteiger partial charge in [-0.3, -0.25) is 0 Å². The summed E-state index contributed by atoms with van der Waals surface area (Å²) in [5.74, 6) is 1.43. The van der Waals surface area contributed by atoms with Crippen molar-refractivity contribution < 1.29 is 39.5 Å². The summed E-state index contributed by atoms with van der Waals surface area (Å²) in [6.07, 6.45) is 11.9. The monoisotopic (exact) mass is 522 g/mol. The van der Waals surface area contributed by atoms with E-state index in [1.165, 1.54) is 12.8 Å². The number of rotatable bonds is 4. The number of aliphatic hydroxyl groups excluding tert-OH is 1. The van der Waals surface area contributed by atoms with E-state index < -0.39 is 28.9 Å². The van der Waals surface area contributed by atoms with Crippen LogP contribution in [0.4, 0.5) is 0 Å². The van der Waals surface area contributed by atoms with Gasteiger partial charge in [-0.25, -0.2) is 9.78 Å². The Bertz CT molecular complexity index is 876. The molecule has 2 heterocycles. The lowest BCUT2D eigenvalue weighted by atomic mass is 9.57. The minimum absolute atomic E-state index is 0.0744. The molecule has 2 aliphatic heterocycles. The zero-order valence-corrected chi connectivity index (χ0v) is 23.1. The van der Waals surface area contributed by atoms with Crippen LogP contribution in [0.15, 0.2) is 12.2 Å². The van der Waals surface area contributed by atoms with E-state index in [1.807, 2.05) is 13.0 Å². The van der Waals surface area contributed by atoms with Crippen molar-refractivity contribution >= 4 is 0 Å². The van der Waals surface area contributed by atoms with Crippen LogP contribution in [0.2, 0.25) is 0 Å². The van der Waals surface area contributed by atoms with Crippen molar-refractivity contribution in [3.63, 3.8) is 0 Å². The van der Waals surface area contributed by atoms with Gasteiger partial charge in [0.15, 0.2) is 0 Å². The molecule has 6 unspecified atom stereocenters. The van der Waals surface area contributed by atoms with Gasteiger partial charge in [0.25, 0.3) is 0 Å². The molecular formula is C29H46O8. The third-order valence-electron chi connectivity index (χ3n) is 11.0. The Balaban J connectivity index is 1.07. The van der Waals surface area contributed by atoms with Crippen LogP contribution >= 0.6 is 0 Å². The summed E-state index contributed by atoms with van der Waals surface area (Å²) in [6, 6.07) is 0. The highest BCUT2D eigenvalue weighted by Crippen LogP contribution is 2.64. The van der Waals surface area contributed by atoms with E-state index in [4.69, 9.17) is 29.3 Å². The van der Waals surface area contributed by atoms with Crippen LogP contribution < -0.4 is 0 Å². The molecule has 0 amide bonds. The second-order valence-electron chi connectivity index (χ2n) is 13.9. The largest absolute Gasteiger partial charge is 0.387 e. The highest BCUT2D eigenvalue weighted by atomic mass is 17.4. The lowest BCUT2D eigenvalue weighted by Crippen LogP contribution is -2.59. The molecule has 2 N–H and O–H groups in total. The van der Waals surface area contributed by atoms with Crippen molar-refractivity contribution in [2.45, 2.75) is 127 Å². The average Bonchev–Trinajstić information content (AvgIpc) is 3.31. The topological polar surface area (TPSA) is 95.8 Å². The highest BCUT2D eigenvalue weighted by molar-refractivity contribution is 5.17. The average molecular weight is 523 g/mol. The van der Waals surface area contributed by atoms with Crippen LogP contribution in [0, 0.1) is 41.4 Å². The van der Waals surface area contributed by atoms with Crippen LogP contribution in [0.25, 0.3) is 0 Å². The van der Waals surface area contributed by atoms with Crippen molar-refractivity contribution in [3.05, 3.63) is 12.2 Å². The summed E-state index contributed by atoms with van der Waals surface area (Å²) in [5, 5.41) is 20.4. The highest BCUT2D eigenvalue weighted by Gasteiger charge is 2.65. The first-order valence-corrected chi connectivity index (χ1v) is 14.6. The summed E-state index contributed by atoms with van der Waals surface area (Å²) < 4.78 is 0. The molecular weight excluding hydrogens is 476 g/mol. The van der Waals surface area contributed by atoms with E-state index >= 15 is 0 Å². The molecule has 10 atom stereocenters. The van der Waals surface area contributed by atoms with E-state index in [1.54, 1.807) is 19.9 Å². The van der Waals surface area contributed by atoms with Crippen molar-refractivity contribution in [2.24, 2.45) is 41.4 Å². The second-order valence-corrected chi connectivity index (χ2v) is 13.9. The number of fused-ring (bicyclic) bond motifs is 3. The molecule has 4 saturated carbocycles. The first-order chi connectivity index (χ1) is 17.5. The fourth-order valence-corrected chi connectivity index (χ4v) is 8.27. The Hall–Kier alpha value is -0.580. The zero-order valence-electron chi connectivity index (χ0n) is 23.1. The quantitative estimate of drug-likeness (QED) is 0.394. The SMILES string of the molecule is C[C@@H]1CC(C2CC3CC4C(OO[C@]4(C)/C=C/[C@H](O)C(C)(C)O)C32)CCC12OOC1(CCCC[C@@H]1C)OO2. The lowest BCUT2D eigenvalue weighted by Gasteiger charge is -2.54. The predicted octanol–water partition coefficient (Wildman–Crippen LogP) is 4.98. The molecule has 0 aromatic rings. The van der Waals surface area contributed by atoms with E-state index in [2.05, 4.69) is 13.8 Å². The first kappa shape index (κ1) is 26.6. The number of hydrogen-bond acceptors (Lipinski definition) is 8. The van der Waals surface area contributed by atoms with Gasteiger partial charge in [0.2, 0.25) is 11.6 Å². The Labute approximate surface area is 220 Å². The Morgan fingerprint density at radius 3 is 2.22 bits per heavy atom. The minimum Gasteiger partial charge on any atom is -0.387 e. The fourth-order valence-electron chi connectivity index (χ4n) is 8.27. The number of aliphatic hydroxyl groups is 2. The molecule has 6 rings (SSSR count). The molecule has 8 heteroatoms. The van der Waals surface area contributed by atoms with E-state index in [0.717, 1.165) is 44.9 Å². The van der Waals surface area contributed by atoms with E-state index in [-0.39, 0.29) is 23.9 Å². The summed E-state index contributed by atoms with van der Waals surface area (Å²) in [6.45, 7) is 9.59. The van der Waals surface area contributed by atoms with Crippen LogP contribution in [0.1, 0.15) is 92.4 Å². The van der Waals surface area contributed by atoms with Crippen molar-refractivity contribution in [1.82, 2.24) is 0 Å². The Morgan fingerprint density at radius 1 is 0.865 bits per heavy atom. The normalized spacial score (nSPS) is 52.8.